The SMILES string of the molecule is COC(=O)CCCN(C)CC(N)=O. The summed E-state index contributed by atoms with van der Waals surface area (Å²) in [6, 6.07) is 0. The molecule has 2 N–H and O–H groups in total. The van der Waals surface area contributed by atoms with Crippen LogP contribution in [0.15, 0.2) is 0 Å². The number of carbonyl (C=O) groups excluding carboxylic acids is 2. The first-order valence-electron chi connectivity index (χ1n) is 4.10. The average molecular weight is 188 g/mol. The maximum atomic E-state index is 10.7. The van der Waals surface area contributed by atoms with Crippen LogP contribution in [0.2, 0.25) is 0 Å². The van der Waals surface area contributed by atoms with Crippen LogP contribution in [0.25, 0.3) is 0 Å². The van der Waals surface area contributed by atoms with Crippen molar-refractivity contribution in [2.24, 2.45) is 5.73 Å². The Morgan fingerprint density at radius 3 is 2.54 bits per heavy atom. The molecule has 0 aliphatic heterocycles. The molecule has 13 heavy (non-hydrogen) atoms. The highest BCUT2D eigenvalue weighted by Crippen LogP contribution is 1.94. The molecule has 0 saturated carbocycles. The number of esters is 1. The van der Waals surface area contributed by atoms with E-state index in [0.717, 1.165) is 0 Å². The second kappa shape index (κ2) is 6.42. The van der Waals surface area contributed by atoms with Gasteiger partial charge in [0.05, 0.1) is 13.7 Å². The number of likely N-dealkylation sites (N-methyl/N-ethyl adjacent to an activating group) is 1. The van der Waals surface area contributed by atoms with E-state index in [4.69, 9.17) is 5.73 Å². The van der Waals surface area contributed by atoms with Gasteiger partial charge in [-0.05, 0) is 20.0 Å². The number of amides is 1. The van der Waals surface area contributed by atoms with Crippen LogP contribution in [0.4, 0.5) is 0 Å². The summed E-state index contributed by atoms with van der Waals surface area (Å²) in [4.78, 5) is 22.9. The van der Waals surface area contributed by atoms with Crippen molar-refractivity contribution in [2.45, 2.75) is 12.8 Å². The quantitative estimate of drug-likeness (QED) is 0.562. The monoisotopic (exact) mass is 188 g/mol. The van der Waals surface area contributed by atoms with E-state index in [-0.39, 0.29) is 18.4 Å². The summed E-state index contributed by atoms with van der Waals surface area (Å²) >= 11 is 0. The molecule has 0 spiro atoms. The molecule has 0 bridgehead atoms. The van der Waals surface area contributed by atoms with Gasteiger partial charge in [0.1, 0.15) is 0 Å². The van der Waals surface area contributed by atoms with Gasteiger partial charge >= 0.3 is 5.97 Å². The Morgan fingerprint density at radius 2 is 2.08 bits per heavy atom. The largest absolute Gasteiger partial charge is 0.469 e. The van der Waals surface area contributed by atoms with Gasteiger partial charge in [0, 0.05) is 6.42 Å². The van der Waals surface area contributed by atoms with Crippen LogP contribution in [0, 0.1) is 0 Å². The number of ether oxygens (including phenoxy) is 1. The zero-order chi connectivity index (χ0) is 10.3. The Morgan fingerprint density at radius 1 is 1.46 bits per heavy atom. The Bertz CT molecular complexity index is 182. The van der Waals surface area contributed by atoms with Gasteiger partial charge < -0.3 is 10.5 Å². The number of hydrogen-bond acceptors (Lipinski definition) is 4. The first-order chi connectivity index (χ1) is 6.06. The smallest absolute Gasteiger partial charge is 0.305 e. The highest BCUT2D eigenvalue weighted by atomic mass is 16.5. The van der Waals surface area contributed by atoms with Gasteiger partial charge in [0.15, 0.2) is 0 Å². The normalized spacial score (nSPS) is 10.1. The molecule has 0 fully saturated rings. The fourth-order valence-electron chi connectivity index (χ4n) is 0.940. The molecule has 0 rings (SSSR count). The molecule has 0 unspecified atom stereocenters. The van der Waals surface area contributed by atoms with Crippen molar-refractivity contribution in [1.82, 2.24) is 4.90 Å². The molecule has 5 nitrogen and oxygen atoms in total. The van der Waals surface area contributed by atoms with Crippen LogP contribution in [0.1, 0.15) is 12.8 Å². The molecule has 1 amide bonds. The van der Waals surface area contributed by atoms with Crippen molar-refractivity contribution in [2.75, 3.05) is 27.2 Å². The Balaban J connectivity index is 3.42. The summed E-state index contributed by atoms with van der Waals surface area (Å²) in [7, 11) is 3.14. The van der Waals surface area contributed by atoms with Crippen molar-refractivity contribution in [3.05, 3.63) is 0 Å². The summed E-state index contributed by atoms with van der Waals surface area (Å²) in [6.45, 7) is 0.888. The lowest BCUT2D eigenvalue weighted by Crippen LogP contribution is -2.31. The predicted octanol–water partition coefficient (Wildman–Crippen LogP) is -0.643. The van der Waals surface area contributed by atoms with E-state index in [1.54, 1.807) is 11.9 Å². The third kappa shape index (κ3) is 7.27. The number of primary amides is 1. The molecule has 0 aromatic rings. The first kappa shape index (κ1) is 11.9. The maximum Gasteiger partial charge on any atom is 0.305 e. The van der Waals surface area contributed by atoms with Crippen LogP contribution in [0.5, 0.6) is 0 Å². The Hall–Kier alpha value is -1.10. The van der Waals surface area contributed by atoms with E-state index >= 15 is 0 Å². The molecule has 0 radical (unpaired) electrons. The van der Waals surface area contributed by atoms with Crippen molar-refractivity contribution >= 4 is 11.9 Å². The molecule has 5 heteroatoms. The molecule has 0 heterocycles. The fourth-order valence-corrected chi connectivity index (χ4v) is 0.940. The number of nitrogens with two attached hydrogens (primary N) is 1. The van der Waals surface area contributed by atoms with Crippen LogP contribution in [-0.4, -0.2) is 44.0 Å². The molecule has 0 saturated heterocycles. The van der Waals surface area contributed by atoms with E-state index in [9.17, 15) is 9.59 Å². The van der Waals surface area contributed by atoms with Gasteiger partial charge in [-0.25, -0.2) is 0 Å². The standard InChI is InChI=1S/C8H16N2O3/c1-10(6-7(9)11)5-3-4-8(12)13-2/h3-6H2,1-2H3,(H2,9,11). The number of rotatable bonds is 6. The lowest BCUT2D eigenvalue weighted by Gasteiger charge is -2.13. The summed E-state index contributed by atoms with van der Waals surface area (Å²) in [6.07, 6.45) is 1.05. The van der Waals surface area contributed by atoms with E-state index in [1.165, 1.54) is 7.11 Å². The zero-order valence-corrected chi connectivity index (χ0v) is 8.08. The molecule has 0 aliphatic rings. The van der Waals surface area contributed by atoms with Crippen molar-refractivity contribution in [3.8, 4) is 0 Å². The molecular weight excluding hydrogens is 172 g/mol. The van der Waals surface area contributed by atoms with Crippen molar-refractivity contribution in [3.63, 3.8) is 0 Å². The molecule has 0 aromatic carbocycles. The number of methoxy groups -OCH3 is 1. The topological polar surface area (TPSA) is 72.6 Å². The first-order valence-corrected chi connectivity index (χ1v) is 4.10. The molecule has 76 valence electrons. The zero-order valence-electron chi connectivity index (χ0n) is 8.08. The summed E-state index contributed by atoms with van der Waals surface area (Å²) < 4.78 is 4.46. The summed E-state index contributed by atoms with van der Waals surface area (Å²) in [5, 5.41) is 0. The lowest BCUT2D eigenvalue weighted by atomic mass is 10.3. The number of carbonyl (C=O) groups is 2. The number of hydrogen-bond donors (Lipinski definition) is 1. The van der Waals surface area contributed by atoms with Gasteiger partial charge in [0.2, 0.25) is 5.91 Å². The average Bonchev–Trinajstić information content (AvgIpc) is 2.02. The van der Waals surface area contributed by atoms with Gasteiger partial charge in [0.25, 0.3) is 0 Å². The predicted molar refractivity (Wildman–Crippen MR) is 47.9 cm³/mol. The van der Waals surface area contributed by atoms with E-state index < -0.39 is 0 Å². The van der Waals surface area contributed by atoms with Gasteiger partial charge in [-0.15, -0.1) is 0 Å². The molecule has 0 aromatic heterocycles. The fraction of sp³-hybridized carbons (Fsp3) is 0.750. The highest BCUT2D eigenvalue weighted by Gasteiger charge is 2.04. The molecule has 0 atom stereocenters. The number of nitrogens with zero attached hydrogens (tertiary/aromatic N) is 1. The lowest BCUT2D eigenvalue weighted by molar-refractivity contribution is -0.140. The highest BCUT2D eigenvalue weighted by molar-refractivity contribution is 5.75. The van der Waals surface area contributed by atoms with Crippen LogP contribution >= 0.6 is 0 Å². The third-order valence-electron chi connectivity index (χ3n) is 1.57. The second-order valence-corrected chi connectivity index (χ2v) is 2.88. The van der Waals surface area contributed by atoms with Gasteiger partial charge in [-0.1, -0.05) is 0 Å². The minimum atomic E-state index is -0.361. The minimum Gasteiger partial charge on any atom is -0.469 e. The minimum absolute atomic E-state index is 0.223. The maximum absolute atomic E-state index is 10.7. The van der Waals surface area contributed by atoms with E-state index in [2.05, 4.69) is 4.74 Å². The summed E-state index contributed by atoms with van der Waals surface area (Å²) in [5.41, 5.74) is 4.98. The Kier molecular flexibility index (Phi) is 5.88. The Labute approximate surface area is 77.8 Å². The van der Waals surface area contributed by atoms with Gasteiger partial charge in [-0.2, -0.15) is 0 Å². The van der Waals surface area contributed by atoms with Crippen LogP contribution < -0.4 is 5.73 Å². The van der Waals surface area contributed by atoms with Crippen molar-refractivity contribution in [1.29, 1.82) is 0 Å². The van der Waals surface area contributed by atoms with E-state index in [1.807, 2.05) is 0 Å². The molecular formula is C8H16N2O3. The van der Waals surface area contributed by atoms with Crippen LogP contribution in [-0.2, 0) is 14.3 Å². The third-order valence-corrected chi connectivity index (χ3v) is 1.57. The van der Waals surface area contributed by atoms with E-state index in [0.29, 0.717) is 19.4 Å². The molecule has 0 aliphatic carbocycles. The second-order valence-electron chi connectivity index (χ2n) is 2.88. The summed E-state index contributed by atoms with van der Waals surface area (Å²) in [5.74, 6) is -0.590. The van der Waals surface area contributed by atoms with Crippen molar-refractivity contribution < 1.29 is 14.3 Å². The van der Waals surface area contributed by atoms with Crippen LogP contribution in [0.3, 0.4) is 0 Å². The van der Waals surface area contributed by atoms with Gasteiger partial charge in [-0.3, -0.25) is 14.5 Å².